The summed E-state index contributed by atoms with van der Waals surface area (Å²) in [4.78, 5) is 0. The Morgan fingerprint density at radius 3 is 1.83 bits per heavy atom. The van der Waals surface area contributed by atoms with E-state index in [4.69, 9.17) is 22.8 Å². The smallest absolute Gasteiger partial charge is 0.379 e. The van der Waals surface area contributed by atoms with E-state index in [1.807, 2.05) is 20.8 Å². The number of hydrogen-bond acceptors (Lipinski definition) is 5. The Balaban J connectivity index is 0.000000327. The molecule has 110 valence electrons. The first-order chi connectivity index (χ1) is 8.78. The van der Waals surface area contributed by atoms with Crippen LogP contribution in [0.5, 0.6) is 0 Å². The second-order valence-electron chi connectivity index (χ2n) is 3.68. The largest absolute Gasteiger partial charge is 0.484 e. The molecule has 0 radical (unpaired) electrons. The minimum absolute atomic E-state index is 0.432. The third-order valence-corrected chi connectivity index (χ3v) is 3.78. The molecule has 0 aromatic heterocycles. The fourth-order valence-electron chi connectivity index (χ4n) is 1.08. The molecule has 18 heavy (non-hydrogen) atoms. The van der Waals surface area contributed by atoms with Gasteiger partial charge in [-0.15, -0.1) is 0 Å². The van der Waals surface area contributed by atoms with E-state index < -0.39 is 9.53 Å². The Hall–Kier alpha value is 0.0169. The quantitative estimate of drug-likeness (QED) is 0.346. The van der Waals surface area contributed by atoms with Crippen molar-refractivity contribution in [2.24, 2.45) is 0 Å². The Bertz CT molecular complexity index is 152. The van der Waals surface area contributed by atoms with Gasteiger partial charge in [0.1, 0.15) is 6.10 Å². The summed E-state index contributed by atoms with van der Waals surface area (Å²) in [6.07, 6.45) is 1.54. The van der Waals surface area contributed by atoms with E-state index in [2.05, 4.69) is 6.92 Å². The highest BCUT2D eigenvalue weighted by atomic mass is 28.3. The van der Waals surface area contributed by atoms with Crippen molar-refractivity contribution in [2.75, 3.05) is 39.6 Å². The lowest BCUT2D eigenvalue weighted by Gasteiger charge is -2.12. The first kappa shape index (κ1) is 18.0. The molecule has 0 aromatic rings. The minimum atomic E-state index is -1.73. The van der Waals surface area contributed by atoms with Gasteiger partial charge in [-0.25, -0.2) is 0 Å². The van der Waals surface area contributed by atoms with Crippen molar-refractivity contribution >= 4 is 9.53 Å². The van der Waals surface area contributed by atoms with Gasteiger partial charge in [-0.05, 0) is 27.2 Å². The maximum absolute atomic E-state index is 5.22. The third-order valence-electron chi connectivity index (χ3n) is 1.96. The van der Waals surface area contributed by atoms with Crippen LogP contribution >= 0.6 is 0 Å². The first-order valence-corrected chi connectivity index (χ1v) is 8.23. The van der Waals surface area contributed by atoms with Crippen molar-refractivity contribution in [3.63, 3.8) is 0 Å². The Kier molecular flexibility index (Phi) is 13.5. The van der Waals surface area contributed by atoms with Gasteiger partial charge in [-0.3, -0.25) is 0 Å². The third kappa shape index (κ3) is 12.5. The molecular formula is C12H28O5Si. The maximum Gasteiger partial charge on any atom is 0.484 e. The highest BCUT2D eigenvalue weighted by Gasteiger charge is 2.21. The van der Waals surface area contributed by atoms with Crippen molar-refractivity contribution in [2.45, 2.75) is 40.2 Å². The van der Waals surface area contributed by atoms with Crippen molar-refractivity contribution < 1.29 is 22.8 Å². The number of hydrogen-bond donors (Lipinski definition) is 0. The van der Waals surface area contributed by atoms with Crippen LogP contribution in [-0.2, 0) is 22.8 Å². The van der Waals surface area contributed by atoms with Gasteiger partial charge >= 0.3 is 9.53 Å². The summed E-state index contributed by atoms with van der Waals surface area (Å²) in [5, 5.41) is 0. The average molecular weight is 280 g/mol. The predicted octanol–water partition coefficient (Wildman–Crippen LogP) is 1.62. The normalized spacial score (nSPS) is 17.5. The molecule has 0 aliphatic carbocycles. The van der Waals surface area contributed by atoms with Gasteiger partial charge in [0.15, 0.2) is 0 Å². The molecule has 1 fully saturated rings. The molecule has 1 unspecified atom stereocenters. The number of rotatable bonds is 10. The molecule has 1 aliphatic rings. The van der Waals surface area contributed by atoms with Crippen molar-refractivity contribution in [3.8, 4) is 0 Å². The van der Waals surface area contributed by atoms with E-state index >= 15 is 0 Å². The number of epoxide rings is 1. The molecule has 0 spiro atoms. The fraction of sp³-hybridized carbons (Fsp3) is 1.00. The van der Waals surface area contributed by atoms with Crippen LogP contribution in [0.15, 0.2) is 0 Å². The van der Waals surface area contributed by atoms with Gasteiger partial charge in [-0.1, -0.05) is 6.92 Å². The van der Waals surface area contributed by atoms with Gasteiger partial charge < -0.3 is 22.8 Å². The lowest BCUT2D eigenvalue weighted by atomic mass is 10.5. The molecule has 1 rings (SSSR count). The zero-order chi connectivity index (χ0) is 13.6. The van der Waals surface area contributed by atoms with E-state index in [0.29, 0.717) is 25.9 Å². The topological polar surface area (TPSA) is 49.5 Å². The molecule has 1 atom stereocenters. The van der Waals surface area contributed by atoms with Gasteiger partial charge in [0, 0.05) is 26.4 Å². The average Bonchev–Trinajstić information content (AvgIpc) is 3.15. The van der Waals surface area contributed by atoms with E-state index in [-0.39, 0.29) is 0 Å². The van der Waals surface area contributed by atoms with Crippen LogP contribution < -0.4 is 0 Å². The van der Waals surface area contributed by atoms with Crippen molar-refractivity contribution in [3.05, 3.63) is 0 Å². The molecule has 0 aromatic carbocycles. The molecule has 0 amide bonds. The summed E-state index contributed by atoms with van der Waals surface area (Å²) in [5.74, 6) is 0. The molecule has 6 heteroatoms. The molecule has 5 nitrogen and oxygen atoms in total. The van der Waals surface area contributed by atoms with E-state index in [1.54, 1.807) is 0 Å². The van der Waals surface area contributed by atoms with E-state index in [9.17, 15) is 0 Å². The SMILES string of the molecule is CCCOCC1CO1.CCO[SiH](OCC)OCC. The fourth-order valence-corrected chi connectivity index (χ4v) is 2.18. The second-order valence-corrected chi connectivity index (χ2v) is 5.26. The Morgan fingerprint density at radius 2 is 1.50 bits per heavy atom. The van der Waals surface area contributed by atoms with E-state index in [0.717, 1.165) is 26.2 Å². The van der Waals surface area contributed by atoms with Crippen LogP contribution in [0.25, 0.3) is 0 Å². The molecule has 0 saturated carbocycles. The van der Waals surface area contributed by atoms with Crippen molar-refractivity contribution in [1.29, 1.82) is 0 Å². The minimum Gasteiger partial charge on any atom is -0.379 e. The van der Waals surface area contributed by atoms with Crippen LogP contribution in [0.4, 0.5) is 0 Å². The van der Waals surface area contributed by atoms with Crippen LogP contribution in [0.2, 0.25) is 0 Å². The van der Waals surface area contributed by atoms with Gasteiger partial charge in [0.2, 0.25) is 0 Å². The summed E-state index contributed by atoms with van der Waals surface area (Å²) in [6.45, 7) is 12.5. The van der Waals surface area contributed by atoms with Gasteiger partial charge in [0.05, 0.1) is 13.2 Å². The van der Waals surface area contributed by atoms with Crippen LogP contribution in [0, 0.1) is 0 Å². The van der Waals surface area contributed by atoms with Gasteiger partial charge in [-0.2, -0.15) is 0 Å². The molecular weight excluding hydrogens is 252 g/mol. The molecule has 0 N–H and O–H groups in total. The van der Waals surface area contributed by atoms with Crippen molar-refractivity contribution in [1.82, 2.24) is 0 Å². The second kappa shape index (κ2) is 13.4. The number of ether oxygens (including phenoxy) is 2. The molecule has 1 saturated heterocycles. The summed E-state index contributed by atoms with van der Waals surface area (Å²) in [6, 6.07) is 0. The lowest BCUT2D eigenvalue weighted by molar-refractivity contribution is 0.107. The van der Waals surface area contributed by atoms with Crippen LogP contribution in [0.3, 0.4) is 0 Å². The standard InChI is InChI=1S/C6H16O3Si.C6H12O2/c1-4-7-10(8-5-2)9-6-3;1-2-3-7-4-6-5-8-6/h10H,4-6H2,1-3H3;6H,2-5H2,1H3. The zero-order valence-electron chi connectivity index (χ0n) is 12.1. The lowest BCUT2D eigenvalue weighted by Crippen LogP contribution is -2.27. The molecule has 0 bridgehead atoms. The summed E-state index contributed by atoms with van der Waals surface area (Å²) >= 11 is 0. The highest BCUT2D eigenvalue weighted by Crippen LogP contribution is 2.08. The molecule has 1 heterocycles. The Labute approximate surface area is 113 Å². The Morgan fingerprint density at radius 1 is 1.00 bits per heavy atom. The monoisotopic (exact) mass is 280 g/mol. The van der Waals surface area contributed by atoms with Gasteiger partial charge in [0.25, 0.3) is 0 Å². The predicted molar refractivity (Wildman–Crippen MR) is 72.9 cm³/mol. The van der Waals surface area contributed by atoms with Crippen LogP contribution in [-0.4, -0.2) is 55.3 Å². The summed E-state index contributed by atoms with van der Waals surface area (Å²) in [5.41, 5.74) is 0. The summed E-state index contributed by atoms with van der Waals surface area (Å²) < 4.78 is 25.8. The zero-order valence-corrected chi connectivity index (χ0v) is 13.3. The van der Waals surface area contributed by atoms with E-state index in [1.165, 1.54) is 0 Å². The maximum atomic E-state index is 5.22. The summed E-state index contributed by atoms with van der Waals surface area (Å²) in [7, 11) is -1.73. The first-order valence-electron chi connectivity index (χ1n) is 6.82. The van der Waals surface area contributed by atoms with Crippen LogP contribution in [0.1, 0.15) is 34.1 Å². The molecule has 1 aliphatic heterocycles. The highest BCUT2D eigenvalue weighted by molar-refractivity contribution is 6.36.